The van der Waals surface area contributed by atoms with Crippen molar-refractivity contribution in [3.63, 3.8) is 0 Å². The van der Waals surface area contributed by atoms with Crippen molar-refractivity contribution in [1.82, 2.24) is 5.32 Å². The molecule has 0 aromatic heterocycles. The first-order valence-corrected chi connectivity index (χ1v) is 8.96. The zero-order valence-corrected chi connectivity index (χ0v) is 14.8. The Kier molecular flexibility index (Phi) is 4.85. The van der Waals surface area contributed by atoms with Crippen molar-refractivity contribution >= 4 is 18.2 Å². The molecule has 0 spiro atoms. The van der Waals surface area contributed by atoms with E-state index >= 15 is 0 Å². The molecule has 4 aliphatic carbocycles. The van der Waals surface area contributed by atoms with Gasteiger partial charge >= 0.3 is 0 Å². The molecule has 1 N–H and O–H groups in total. The fraction of sp³-hybridized carbons (Fsp3) is 0.650. The highest BCUT2D eigenvalue weighted by molar-refractivity contribution is 5.89. The van der Waals surface area contributed by atoms with Crippen molar-refractivity contribution in [3.8, 4) is 0 Å². The number of hydrogen-bond acceptors (Lipinski definition) is 2. The van der Waals surface area contributed by atoms with E-state index in [2.05, 4.69) is 36.5 Å². The number of rotatable bonds is 5. The molecule has 0 heterocycles. The summed E-state index contributed by atoms with van der Waals surface area (Å²) in [4.78, 5) is 13.2. The zero-order valence-electron chi connectivity index (χ0n) is 14.0. The molecule has 1 aromatic carbocycles. The molecule has 1 unspecified atom stereocenters. The first kappa shape index (κ1) is 17.0. The van der Waals surface area contributed by atoms with Crippen molar-refractivity contribution < 1.29 is 4.79 Å². The minimum atomic E-state index is -0.0172. The van der Waals surface area contributed by atoms with Gasteiger partial charge in [-0.25, -0.2) is 0 Å². The summed E-state index contributed by atoms with van der Waals surface area (Å²) >= 11 is 0. The summed E-state index contributed by atoms with van der Waals surface area (Å²) in [5.41, 5.74) is 1.28. The number of benzene rings is 1. The van der Waals surface area contributed by atoms with E-state index in [1.165, 1.54) is 44.1 Å². The number of carbonyl (C=O) groups excluding carboxylic acids is 1. The largest absolute Gasteiger partial charge is 0.304 e. The van der Waals surface area contributed by atoms with Gasteiger partial charge in [-0.3, -0.25) is 4.79 Å². The van der Waals surface area contributed by atoms with Crippen molar-refractivity contribution in [3.05, 3.63) is 35.9 Å². The monoisotopic (exact) mass is 333 g/mol. The predicted octanol–water partition coefficient (Wildman–Crippen LogP) is 4.37. The number of carbonyl (C=O) groups is 1. The van der Waals surface area contributed by atoms with Gasteiger partial charge in [0, 0.05) is 12.0 Å². The van der Waals surface area contributed by atoms with E-state index in [4.69, 9.17) is 0 Å². The second-order valence-electron chi connectivity index (χ2n) is 8.15. The van der Waals surface area contributed by atoms with Gasteiger partial charge in [0.2, 0.25) is 0 Å². The molecule has 1 aromatic rings. The van der Waals surface area contributed by atoms with Crippen LogP contribution in [0.2, 0.25) is 0 Å². The number of hydrogen-bond donors (Lipinski definition) is 1. The molecular formula is C20H28ClNO. The third kappa shape index (κ3) is 3.21. The molecule has 4 saturated carbocycles. The van der Waals surface area contributed by atoms with Gasteiger partial charge < -0.3 is 5.32 Å². The highest BCUT2D eigenvalue weighted by Crippen LogP contribution is 2.60. The standard InChI is InChI=1S/C20H27NO.ClH/c1-14(21-13-15-5-3-2-4-6-15)19(22)20-10-16-7-17(11-20)9-18(8-16)12-20;/h2-6,14,16-18,21H,7-13H2,1H3;1H. The Labute approximate surface area is 145 Å². The van der Waals surface area contributed by atoms with Gasteiger partial charge in [-0.05, 0) is 68.8 Å². The molecule has 4 bridgehead atoms. The molecule has 4 aliphatic rings. The molecule has 126 valence electrons. The van der Waals surface area contributed by atoms with E-state index in [0.29, 0.717) is 5.78 Å². The molecule has 0 radical (unpaired) electrons. The van der Waals surface area contributed by atoms with Crippen LogP contribution in [0.5, 0.6) is 0 Å². The predicted molar refractivity (Wildman–Crippen MR) is 95.6 cm³/mol. The van der Waals surface area contributed by atoms with Crippen molar-refractivity contribution in [1.29, 1.82) is 0 Å². The Hall–Kier alpha value is -0.860. The van der Waals surface area contributed by atoms with E-state index in [0.717, 1.165) is 24.3 Å². The summed E-state index contributed by atoms with van der Waals surface area (Å²) in [5.74, 6) is 3.03. The minimum absolute atomic E-state index is 0. The molecule has 5 rings (SSSR count). The Morgan fingerprint density at radius 3 is 2.13 bits per heavy atom. The fourth-order valence-electron chi connectivity index (χ4n) is 5.83. The Balaban J connectivity index is 0.00000156. The van der Waals surface area contributed by atoms with Gasteiger partial charge in [0.1, 0.15) is 0 Å². The van der Waals surface area contributed by atoms with Gasteiger partial charge in [0.25, 0.3) is 0 Å². The Morgan fingerprint density at radius 2 is 1.61 bits per heavy atom. The summed E-state index contributed by atoms with van der Waals surface area (Å²) in [6.45, 7) is 2.87. The quantitative estimate of drug-likeness (QED) is 0.866. The van der Waals surface area contributed by atoms with Gasteiger partial charge in [-0.15, -0.1) is 12.4 Å². The lowest BCUT2D eigenvalue weighted by atomic mass is 9.48. The van der Waals surface area contributed by atoms with Crippen molar-refractivity contribution in [2.24, 2.45) is 23.2 Å². The first-order valence-electron chi connectivity index (χ1n) is 8.96. The first-order chi connectivity index (χ1) is 10.6. The van der Waals surface area contributed by atoms with Crippen molar-refractivity contribution in [2.75, 3.05) is 0 Å². The number of ketones is 1. The summed E-state index contributed by atoms with van der Waals surface area (Å²) < 4.78 is 0. The van der Waals surface area contributed by atoms with Gasteiger partial charge in [-0.2, -0.15) is 0 Å². The normalized spacial score (nSPS) is 35.6. The van der Waals surface area contributed by atoms with E-state index in [1.54, 1.807) is 0 Å². The maximum Gasteiger partial charge on any atom is 0.155 e. The van der Waals surface area contributed by atoms with E-state index in [1.807, 2.05) is 6.07 Å². The summed E-state index contributed by atoms with van der Waals surface area (Å²) in [5, 5.41) is 3.47. The lowest BCUT2D eigenvalue weighted by Crippen LogP contribution is -2.54. The lowest BCUT2D eigenvalue weighted by molar-refractivity contribution is -0.145. The minimum Gasteiger partial charge on any atom is -0.304 e. The molecule has 0 amide bonds. The summed E-state index contributed by atoms with van der Waals surface area (Å²) in [7, 11) is 0. The van der Waals surface area contributed by atoms with E-state index < -0.39 is 0 Å². The van der Waals surface area contributed by atoms with E-state index in [9.17, 15) is 4.79 Å². The van der Waals surface area contributed by atoms with Crippen LogP contribution >= 0.6 is 12.4 Å². The highest BCUT2D eigenvalue weighted by Gasteiger charge is 2.54. The molecular weight excluding hydrogens is 306 g/mol. The summed E-state index contributed by atoms with van der Waals surface area (Å²) in [6.07, 6.45) is 7.73. The number of Topliss-reactive ketones (excluding diaryl/α,β-unsaturated/α-hetero) is 1. The van der Waals surface area contributed by atoms with Crippen LogP contribution in [0.15, 0.2) is 30.3 Å². The van der Waals surface area contributed by atoms with Crippen LogP contribution in [-0.2, 0) is 11.3 Å². The van der Waals surface area contributed by atoms with Crippen LogP contribution in [0.4, 0.5) is 0 Å². The van der Waals surface area contributed by atoms with Crippen LogP contribution < -0.4 is 5.32 Å². The van der Waals surface area contributed by atoms with Crippen LogP contribution in [0, 0.1) is 23.2 Å². The molecule has 0 aliphatic heterocycles. The molecule has 4 fully saturated rings. The maximum absolute atomic E-state index is 13.2. The second-order valence-corrected chi connectivity index (χ2v) is 8.15. The van der Waals surface area contributed by atoms with Crippen LogP contribution in [-0.4, -0.2) is 11.8 Å². The molecule has 3 heteroatoms. The SMILES string of the molecule is CC(NCc1ccccc1)C(=O)C12CC3CC(CC(C3)C1)C2.Cl. The van der Waals surface area contributed by atoms with Crippen molar-refractivity contribution in [2.45, 2.75) is 58.0 Å². The van der Waals surface area contributed by atoms with Crippen LogP contribution in [0.1, 0.15) is 51.0 Å². The number of halogens is 1. The lowest BCUT2D eigenvalue weighted by Gasteiger charge is -2.56. The van der Waals surface area contributed by atoms with Crippen LogP contribution in [0.3, 0.4) is 0 Å². The third-order valence-electron chi connectivity index (χ3n) is 6.41. The molecule has 1 atom stereocenters. The maximum atomic E-state index is 13.2. The molecule has 0 saturated heterocycles. The van der Waals surface area contributed by atoms with E-state index in [-0.39, 0.29) is 23.9 Å². The molecule has 23 heavy (non-hydrogen) atoms. The average molecular weight is 334 g/mol. The van der Waals surface area contributed by atoms with Gasteiger partial charge in [0.05, 0.1) is 6.04 Å². The highest BCUT2D eigenvalue weighted by atomic mass is 35.5. The smallest absolute Gasteiger partial charge is 0.155 e. The topological polar surface area (TPSA) is 29.1 Å². The second kappa shape index (κ2) is 6.57. The third-order valence-corrected chi connectivity index (χ3v) is 6.41. The average Bonchev–Trinajstić information content (AvgIpc) is 2.51. The van der Waals surface area contributed by atoms with Gasteiger partial charge in [0.15, 0.2) is 5.78 Å². The van der Waals surface area contributed by atoms with Crippen LogP contribution in [0.25, 0.3) is 0 Å². The van der Waals surface area contributed by atoms with Gasteiger partial charge in [-0.1, -0.05) is 30.3 Å². The molecule has 2 nitrogen and oxygen atoms in total. The zero-order chi connectivity index (χ0) is 15.2. The number of nitrogens with one attached hydrogen (secondary N) is 1. The Morgan fingerprint density at radius 1 is 1.09 bits per heavy atom. The Bertz CT molecular complexity index is 521. The summed E-state index contributed by atoms with van der Waals surface area (Å²) in [6, 6.07) is 10.4. The fourth-order valence-corrected chi connectivity index (χ4v) is 5.83.